The molecule has 0 unspecified atom stereocenters. The zero-order valence-electron chi connectivity index (χ0n) is 9.60. The quantitative estimate of drug-likeness (QED) is 0.318. The minimum Gasteiger partial charge on any atom is -0.387 e. The third-order valence-electron chi connectivity index (χ3n) is 2.71. The number of phosphoric ester groups is 1. The van der Waals surface area contributed by atoms with E-state index >= 15 is 0 Å². The second-order valence-corrected chi connectivity index (χ2v) is 5.30. The average molecular weight is 296 g/mol. The summed E-state index contributed by atoms with van der Waals surface area (Å²) in [7, 11) is -4.67. The number of aliphatic hydroxyl groups excluding tert-OH is 2. The summed E-state index contributed by atoms with van der Waals surface area (Å²) in [5.41, 5.74) is 5.59. The van der Waals surface area contributed by atoms with Crippen molar-refractivity contribution < 1.29 is 33.8 Å². The van der Waals surface area contributed by atoms with Gasteiger partial charge in [0.1, 0.15) is 24.1 Å². The number of hydrogen-bond acceptors (Lipinski definition) is 7. The summed E-state index contributed by atoms with van der Waals surface area (Å²) < 4.78 is 21.4. The van der Waals surface area contributed by atoms with E-state index in [-0.39, 0.29) is 5.82 Å². The molecule has 1 aliphatic rings. The highest BCUT2D eigenvalue weighted by Crippen LogP contribution is 2.38. The Morgan fingerprint density at radius 2 is 2.16 bits per heavy atom. The number of nitrogens with two attached hydrogens (primary N) is 1. The van der Waals surface area contributed by atoms with Crippen LogP contribution in [0.15, 0.2) is 12.5 Å². The summed E-state index contributed by atoms with van der Waals surface area (Å²) in [4.78, 5) is 20.9. The van der Waals surface area contributed by atoms with E-state index in [1.165, 1.54) is 17.1 Å². The first kappa shape index (κ1) is 14.4. The van der Waals surface area contributed by atoms with Crippen LogP contribution in [0, 0.1) is 0 Å². The number of rotatable bonds is 4. The van der Waals surface area contributed by atoms with Crippen molar-refractivity contribution in [2.45, 2.75) is 24.5 Å². The van der Waals surface area contributed by atoms with Gasteiger partial charge in [-0.3, -0.25) is 9.09 Å². The van der Waals surface area contributed by atoms with Gasteiger partial charge < -0.3 is 30.5 Å². The van der Waals surface area contributed by atoms with E-state index < -0.39 is 39.0 Å². The number of anilines is 1. The van der Waals surface area contributed by atoms with Crippen molar-refractivity contribution in [3.05, 3.63) is 12.5 Å². The average Bonchev–Trinajstić information content (AvgIpc) is 2.83. The van der Waals surface area contributed by atoms with Gasteiger partial charge in [0, 0.05) is 0 Å². The highest BCUT2D eigenvalue weighted by Gasteiger charge is 2.44. The number of phosphoric acid groups is 1. The summed E-state index contributed by atoms with van der Waals surface area (Å²) >= 11 is 0. The maximum Gasteiger partial charge on any atom is 0.469 e. The van der Waals surface area contributed by atoms with Gasteiger partial charge in [-0.05, 0) is 0 Å². The lowest BCUT2D eigenvalue weighted by Gasteiger charge is -2.17. The molecule has 0 spiro atoms. The van der Waals surface area contributed by atoms with Gasteiger partial charge in [-0.25, -0.2) is 9.55 Å². The second-order valence-electron chi connectivity index (χ2n) is 4.06. The second kappa shape index (κ2) is 5.17. The first-order valence-corrected chi connectivity index (χ1v) is 6.81. The summed E-state index contributed by atoms with van der Waals surface area (Å²) in [6.45, 7) is -0.562. The maximum atomic E-state index is 10.6. The molecule has 10 nitrogen and oxygen atoms in total. The van der Waals surface area contributed by atoms with Gasteiger partial charge in [0.2, 0.25) is 0 Å². The molecule has 1 aromatic heterocycles. The molecule has 2 heterocycles. The van der Waals surface area contributed by atoms with Gasteiger partial charge in [0.05, 0.1) is 19.1 Å². The van der Waals surface area contributed by atoms with E-state index in [0.29, 0.717) is 0 Å². The predicted molar refractivity (Wildman–Crippen MR) is 60.6 cm³/mol. The molecule has 2 rings (SSSR count). The minimum atomic E-state index is -4.67. The lowest BCUT2D eigenvalue weighted by Crippen LogP contribution is -2.33. The normalized spacial score (nSPS) is 31.8. The molecule has 108 valence electrons. The van der Waals surface area contributed by atoms with Crippen molar-refractivity contribution in [1.29, 1.82) is 0 Å². The molecule has 0 saturated carbocycles. The van der Waals surface area contributed by atoms with Crippen molar-refractivity contribution in [2.24, 2.45) is 0 Å². The first-order chi connectivity index (χ1) is 8.79. The molecule has 0 amide bonds. The van der Waals surface area contributed by atoms with Crippen LogP contribution in [-0.4, -0.2) is 54.5 Å². The van der Waals surface area contributed by atoms with Crippen LogP contribution in [0.25, 0.3) is 0 Å². The van der Waals surface area contributed by atoms with Crippen molar-refractivity contribution in [3.63, 3.8) is 0 Å². The van der Waals surface area contributed by atoms with E-state index in [2.05, 4.69) is 9.51 Å². The van der Waals surface area contributed by atoms with Crippen molar-refractivity contribution >= 4 is 13.6 Å². The van der Waals surface area contributed by atoms with Crippen LogP contribution < -0.4 is 5.73 Å². The molecular formula is C8H14N3O7P. The van der Waals surface area contributed by atoms with Crippen LogP contribution >= 0.6 is 7.82 Å². The van der Waals surface area contributed by atoms with E-state index in [1.54, 1.807) is 0 Å². The highest BCUT2D eigenvalue weighted by molar-refractivity contribution is 7.46. The molecule has 0 aromatic carbocycles. The summed E-state index contributed by atoms with van der Waals surface area (Å²) in [6, 6.07) is 0. The largest absolute Gasteiger partial charge is 0.469 e. The molecule has 0 radical (unpaired) electrons. The van der Waals surface area contributed by atoms with Gasteiger partial charge in [-0.1, -0.05) is 0 Å². The molecule has 1 aromatic rings. The molecule has 0 bridgehead atoms. The van der Waals surface area contributed by atoms with Gasteiger partial charge in [0.25, 0.3) is 0 Å². The van der Waals surface area contributed by atoms with Gasteiger partial charge in [-0.15, -0.1) is 0 Å². The molecule has 19 heavy (non-hydrogen) atoms. The topological polar surface area (TPSA) is 160 Å². The lowest BCUT2D eigenvalue weighted by molar-refractivity contribution is -0.0510. The standard InChI is InChI=1S/C8H14N3O7P/c9-5-1-10-3-11(5)8-7(13)6(12)4(18-8)2-17-19(14,15)16/h1,3-4,6-8,12-13H,2,9H2,(H2,14,15,16)/t4-,6-,7-,8-/m1/s1/i9+1. The van der Waals surface area contributed by atoms with E-state index in [1.807, 2.05) is 0 Å². The number of aliphatic hydroxyl groups is 2. The fourth-order valence-electron chi connectivity index (χ4n) is 1.79. The fraction of sp³-hybridized carbons (Fsp3) is 0.625. The van der Waals surface area contributed by atoms with Gasteiger partial charge in [-0.2, -0.15) is 0 Å². The first-order valence-electron chi connectivity index (χ1n) is 5.28. The highest BCUT2D eigenvalue weighted by atomic mass is 31.2. The zero-order valence-corrected chi connectivity index (χ0v) is 10.5. The number of nitrogen functional groups attached to an aromatic ring is 1. The Morgan fingerprint density at radius 1 is 1.47 bits per heavy atom. The lowest BCUT2D eigenvalue weighted by atomic mass is 10.1. The maximum absolute atomic E-state index is 10.6. The molecule has 0 aliphatic carbocycles. The summed E-state index contributed by atoms with van der Waals surface area (Å²) in [5, 5.41) is 19.6. The molecular weight excluding hydrogens is 282 g/mol. The van der Waals surface area contributed by atoms with Gasteiger partial charge >= 0.3 is 7.82 Å². The Morgan fingerprint density at radius 3 is 2.68 bits per heavy atom. The smallest absolute Gasteiger partial charge is 0.387 e. The Balaban J connectivity index is 2.07. The van der Waals surface area contributed by atoms with Crippen molar-refractivity contribution in [3.8, 4) is 0 Å². The third kappa shape index (κ3) is 3.12. The number of hydrogen-bond donors (Lipinski definition) is 5. The van der Waals surface area contributed by atoms with E-state index in [4.69, 9.17) is 20.3 Å². The Hall–Kier alpha value is -1.00. The number of aromatic nitrogens is 2. The predicted octanol–water partition coefficient (Wildman–Crippen LogP) is -1.81. The van der Waals surface area contributed by atoms with Crippen molar-refractivity contribution in [2.75, 3.05) is 12.3 Å². The van der Waals surface area contributed by atoms with Crippen LogP contribution in [0.2, 0.25) is 0 Å². The summed E-state index contributed by atoms with van der Waals surface area (Å²) in [6.07, 6.45) is -2.12. The molecule has 11 heteroatoms. The Kier molecular flexibility index (Phi) is 3.92. The van der Waals surface area contributed by atoms with Crippen LogP contribution in [0.3, 0.4) is 0 Å². The van der Waals surface area contributed by atoms with Crippen LogP contribution in [0.5, 0.6) is 0 Å². The molecule has 4 atom stereocenters. The fourth-order valence-corrected chi connectivity index (χ4v) is 2.14. The third-order valence-corrected chi connectivity index (χ3v) is 3.20. The monoisotopic (exact) mass is 296 g/mol. The zero-order chi connectivity index (χ0) is 14.2. The number of ether oxygens (including phenoxy) is 1. The van der Waals surface area contributed by atoms with E-state index in [0.717, 1.165) is 0 Å². The Labute approximate surface area is 107 Å². The Bertz CT molecular complexity index is 488. The van der Waals surface area contributed by atoms with Crippen LogP contribution in [0.1, 0.15) is 6.23 Å². The minimum absolute atomic E-state index is 0.216. The summed E-state index contributed by atoms with van der Waals surface area (Å²) in [5.74, 6) is 0.216. The molecule has 6 N–H and O–H groups in total. The van der Waals surface area contributed by atoms with E-state index in [9.17, 15) is 14.8 Å². The molecule has 1 saturated heterocycles. The van der Waals surface area contributed by atoms with Crippen LogP contribution in [0.4, 0.5) is 5.82 Å². The molecule has 1 fully saturated rings. The number of nitrogens with zero attached hydrogens (tertiary/aromatic N) is 2. The van der Waals surface area contributed by atoms with Gasteiger partial charge in [0.15, 0.2) is 6.23 Å². The van der Waals surface area contributed by atoms with Crippen LogP contribution in [-0.2, 0) is 13.8 Å². The molecule has 1 aliphatic heterocycles. The number of imidazole rings is 1. The SMILES string of the molecule is [15NH2]c1cncn1[C@@H]1O[C@H](COP(=O)(O)O)[C@@H](O)[C@H]1O. The van der Waals surface area contributed by atoms with Crippen molar-refractivity contribution in [1.82, 2.24) is 9.55 Å².